The summed E-state index contributed by atoms with van der Waals surface area (Å²) in [5.41, 5.74) is 1.00. The molecule has 0 aliphatic carbocycles. The molecule has 0 spiro atoms. The average molecular weight is 358 g/mol. The van der Waals surface area contributed by atoms with Crippen LogP contribution in [-0.2, 0) is 10.5 Å². The number of nitrogens with one attached hydrogen (secondary N) is 1. The van der Waals surface area contributed by atoms with Crippen molar-refractivity contribution >= 4 is 53.3 Å². The van der Waals surface area contributed by atoms with E-state index >= 15 is 0 Å². The maximum absolute atomic E-state index is 11.8. The molecule has 0 unspecified atom stereocenters. The van der Waals surface area contributed by atoms with E-state index in [4.69, 9.17) is 23.2 Å². The van der Waals surface area contributed by atoms with E-state index in [-0.39, 0.29) is 18.3 Å². The van der Waals surface area contributed by atoms with Crippen LogP contribution in [0.4, 0.5) is 0 Å². The van der Waals surface area contributed by atoms with Crippen LogP contribution in [0.2, 0.25) is 10.0 Å². The SMILES string of the molecule is CNCCN(C)C(=O)CSCc1ccc(Cl)cc1Cl.Cl. The van der Waals surface area contributed by atoms with Crippen molar-refractivity contribution in [3.05, 3.63) is 33.8 Å². The lowest BCUT2D eigenvalue weighted by Gasteiger charge is -2.16. The molecule has 0 fully saturated rings. The van der Waals surface area contributed by atoms with E-state index in [0.29, 0.717) is 21.6 Å². The van der Waals surface area contributed by atoms with Gasteiger partial charge in [0.15, 0.2) is 0 Å². The van der Waals surface area contributed by atoms with Crippen molar-refractivity contribution in [2.24, 2.45) is 0 Å². The van der Waals surface area contributed by atoms with Gasteiger partial charge in [0.1, 0.15) is 0 Å². The third-order valence-electron chi connectivity index (χ3n) is 2.62. The van der Waals surface area contributed by atoms with E-state index in [1.807, 2.05) is 26.2 Å². The lowest BCUT2D eigenvalue weighted by Crippen LogP contribution is -2.33. The van der Waals surface area contributed by atoms with Crippen molar-refractivity contribution in [2.75, 3.05) is 32.9 Å². The number of thioether (sulfide) groups is 1. The second-order valence-electron chi connectivity index (χ2n) is 4.15. The van der Waals surface area contributed by atoms with Crippen molar-refractivity contribution < 1.29 is 4.79 Å². The molecule has 0 radical (unpaired) electrons. The molecule has 114 valence electrons. The first-order valence-electron chi connectivity index (χ1n) is 5.95. The summed E-state index contributed by atoms with van der Waals surface area (Å²) in [7, 11) is 3.69. The van der Waals surface area contributed by atoms with Crippen molar-refractivity contribution in [3.8, 4) is 0 Å². The number of carbonyl (C=O) groups is 1. The van der Waals surface area contributed by atoms with E-state index < -0.39 is 0 Å². The van der Waals surface area contributed by atoms with Crippen molar-refractivity contribution in [3.63, 3.8) is 0 Å². The fourth-order valence-electron chi connectivity index (χ4n) is 1.40. The molecule has 1 rings (SSSR count). The molecular formula is C13H19Cl3N2OS. The molecule has 0 saturated carbocycles. The van der Waals surface area contributed by atoms with Gasteiger partial charge in [-0.05, 0) is 24.7 Å². The normalized spacial score (nSPS) is 10.0. The summed E-state index contributed by atoms with van der Waals surface area (Å²) in [4.78, 5) is 13.5. The number of hydrogen-bond acceptors (Lipinski definition) is 3. The molecular weight excluding hydrogens is 339 g/mol. The van der Waals surface area contributed by atoms with Gasteiger partial charge in [-0.15, -0.1) is 24.2 Å². The molecule has 1 amide bonds. The molecule has 0 aromatic heterocycles. The highest BCUT2D eigenvalue weighted by molar-refractivity contribution is 7.99. The highest BCUT2D eigenvalue weighted by Gasteiger charge is 2.09. The van der Waals surface area contributed by atoms with E-state index in [1.165, 1.54) is 0 Å². The maximum Gasteiger partial charge on any atom is 0.232 e. The Morgan fingerprint density at radius 3 is 2.70 bits per heavy atom. The molecule has 3 nitrogen and oxygen atoms in total. The van der Waals surface area contributed by atoms with Crippen molar-refractivity contribution in [1.29, 1.82) is 0 Å². The summed E-state index contributed by atoms with van der Waals surface area (Å²) in [6.07, 6.45) is 0. The van der Waals surface area contributed by atoms with Gasteiger partial charge in [0.05, 0.1) is 5.75 Å². The largest absolute Gasteiger partial charge is 0.344 e. The number of benzene rings is 1. The maximum atomic E-state index is 11.8. The van der Waals surface area contributed by atoms with Crippen LogP contribution in [0.3, 0.4) is 0 Å². The van der Waals surface area contributed by atoms with Crippen LogP contribution >= 0.6 is 47.4 Å². The molecule has 1 aromatic carbocycles. The van der Waals surface area contributed by atoms with Crippen LogP contribution in [0.1, 0.15) is 5.56 Å². The Bertz CT molecular complexity index is 432. The Labute approximate surface area is 140 Å². The molecule has 0 aliphatic heterocycles. The number of amides is 1. The predicted molar refractivity (Wildman–Crippen MR) is 91.4 cm³/mol. The van der Waals surface area contributed by atoms with Gasteiger partial charge in [0, 0.05) is 35.9 Å². The molecule has 7 heteroatoms. The van der Waals surface area contributed by atoms with Gasteiger partial charge in [0.25, 0.3) is 0 Å². The quantitative estimate of drug-likeness (QED) is 0.812. The monoisotopic (exact) mass is 356 g/mol. The van der Waals surface area contributed by atoms with Gasteiger partial charge in [-0.25, -0.2) is 0 Å². The molecule has 1 N–H and O–H groups in total. The first kappa shape index (κ1) is 19.9. The first-order chi connectivity index (χ1) is 9.04. The first-order valence-corrected chi connectivity index (χ1v) is 7.86. The molecule has 0 saturated heterocycles. The summed E-state index contributed by atoms with van der Waals surface area (Å²) in [6.45, 7) is 1.52. The van der Waals surface area contributed by atoms with Gasteiger partial charge in [-0.1, -0.05) is 29.3 Å². The zero-order valence-electron chi connectivity index (χ0n) is 11.5. The Balaban J connectivity index is 0.00000361. The molecule has 0 bridgehead atoms. The standard InChI is InChI=1S/C13H18Cl2N2OS.ClH/c1-16-5-6-17(2)13(18)9-19-8-10-3-4-11(14)7-12(10)15;/h3-4,7,16H,5-6,8-9H2,1-2H3;1H. The van der Waals surface area contributed by atoms with Crippen LogP contribution in [0.25, 0.3) is 0 Å². The molecule has 0 heterocycles. The second-order valence-corrected chi connectivity index (χ2v) is 5.98. The molecule has 0 aliphatic rings. The van der Waals surface area contributed by atoms with Gasteiger partial charge >= 0.3 is 0 Å². The van der Waals surface area contributed by atoms with E-state index in [2.05, 4.69) is 5.32 Å². The Morgan fingerprint density at radius 2 is 2.10 bits per heavy atom. The highest BCUT2D eigenvalue weighted by atomic mass is 35.5. The van der Waals surface area contributed by atoms with Crippen molar-refractivity contribution in [1.82, 2.24) is 10.2 Å². The zero-order chi connectivity index (χ0) is 14.3. The van der Waals surface area contributed by atoms with E-state index in [1.54, 1.807) is 22.7 Å². The number of rotatable bonds is 7. The smallest absolute Gasteiger partial charge is 0.232 e. The second kappa shape index (κ2) is 10.6. The minimum absolute atomic E-state index is 0. The van der Waals surface area contributed by atoms with Crippen LogP contribution in [0.15, 0.2) is 18.2 Å². The number of carbonyl (C=O) groups excluding carboxylic acids is 1. The lowest BCUT2D eigenvalue weighted by molar-refractivity contribution is -0.127. The molecule has 1 aromatic rings. The number of likely N-dealkylation sites (N-methyl/N-ethyl adjacent to an activating group) is 2. The Morgan fingerprint density at radius 1 is 1.40 bits per heavy atom. The molecule has 0 atom stereocenters. The minimum Gasteiger partial charge on any atom is -0.344 e. The lowest BCUT2D eigenvalue weighted by atomic mass is 10.2. The van der Waals surface area contributed by atoms with Gasteiger partial charge in [-0.2, -0.15) is 0 Å². The van der Waals surface area contributed by atoms with Gasteiger partial charge < -0.3 is 10.2 Å². The third kappa shape index (κ3) is 7.04. The average Bonchev–Trinajstić information content (AvgIpc) is 2.38. The number of nitrogens with zero attached hydrogens (tertiary/aromatic N) is 1. The van der Waals surface area contributed by atoms with Crippen LogP contribution < -0.4 is 5.32 Å². The van der Waals surface area contributed by atoms with Crippen LogP contribution in [-0.4, -0.2) is 43.7 Å². The topological polar surface area (TPSA) is 32.3 Å². The Kier molecular flexibility index (Phi) is 10.5. The molecule has 20 heavy (non-hydrogen) atoms. The van der Waals surface area contributed by atoms with Gasteiger partial charge in [-0.3, -0.25) is 4.79 Å². The number of hydrogen-bond donors (Lipinski definition) is 1. The summed E-state index contributed by atoms with van der Waals surface area (Å²) in [6, 6.07) is 5.43. The number of halogens is 3. The zero-order valence-corrected chi connectivity index (χ0v) is 14.6. The summed E-state index contributed by atoms with van der Waals surface area (Å²) in [5.74, 6) is 1.30. The minimum atomic E-state index is 0. The van der Waals surface area contributed by atoms with Gasteiger partial charge in [0.2, 0.25) is 5.91 Å². The fourth-order valence-corrected chi connectivity index (χ4v) is 2.92. The third-order valence-corrected chi connectivity index (χ3v) is 4.17. The van der Waals surface area contributed by atoms with E-state index in [0.717, 1.165) is 18.7 Å². The van der Waals surface area contributed by atoms with Crippen LogP contribution in [0, 0.1) is 0 Å². The summed E-state index contributed by atoms with van der Waals surface area (Å²) < 4.78 is 0. The predicted octanol–water partition coefficient (Wildman–Crippen LogP) is 3.33. The summed E-state index contributed by atoms with van der Waals surface area (Å²) in [5, 5.41) is 4.29. The van der Waals surface area contributed by atoms with Crippen molar-refractivity contribution in [2.45, 2.75) is 5.75 Å². The van der Waals surface area contributed by atoms with Crippen LogP contribution in [0.5, 0.6) is 0 Å². The highest BCUT2D eigenvalue weighted by Crippen LogP contribution is 2.24. The Hall–Kier alpha value is -0.130. The fraction of sp³-hybridized carbons (Fsp3) is 0.462. The van der Waals surface area contributed by atoms with E-state index in [9.17, 15) is 4.79 Å². The summed E-state index contributed by atoms with van der Waals surface area (Å²) >= 11 is 13.5.